The average molecular weight is 364 g/mol. The van der Waals surface area contributed by atoms with E-state index in [0.29, 0.717) is 13.0 Å². The van der Waals surface area contributed by atoms with Crippen LogP contribution in [-0.4, -0.2) is 29.8 Å². The standard InChI is InChI=1S/C22H24N2O3/c25-20(15-24-14-8-2-1-3-13-21(24)26)23-22-16-9-4-6-11-18(16)27-19-12-7-5-10-17(19)22/h4-7,9-12,22H,1-3,8,13-15H2,(H,23,25). The maximum absolute atomic E-state index is 12.8. The number of carbonyl (C=O) groups excluding carboxylic acids is 2. The van der Waals surface area contributed by atoms with E-state index in [-0.39, 0.29) is 24.4 Å². The molecule has 140 valence electrons. The Balaban J connectivity index is 1.53. The lowest BCUT2D eigenvalue weighted by atomic mass is 9.94. The van der Waals surface area contributed by atoms with E-state index in [1.807, 2.05) is 48.5 Å². The molecule has 0 atom stereocenters. The van der Waals surface area contributed by atoms with E-state index >= 15 is 0 Å². The number of para-hydroxylation sites is 2. The predicted molar refractivity (Wildman–Crippen MR) is 103 cm³/mol. The zero-order valence-electron chi connectivity index (χ0n) is 15.3. The van der Waals surface area contributed by atoms with Crippen molar-refractivity contribution in [3.8, 4) is 11.5 Å². The number of carbonyl (C=O) groups is 2. The molecule has 0 saturated carbocycles. The number of nitrogens with zero attached hydrogens (tertiary/aromatic N) is 1. The SMILES string of the molecule is O=C(CN1CCCCCCC1=O)NC1c2ccccc2Oc2ccccc21. The molecule has 0 aromatic heterocycles. The molecule has 0 radical (unpaired) electrons. The molecule has 0 aliphatic carbocycles. The minimum Gasteiger partial charge on any atom is -0.457 e. The maximum atomic E-state index is 12.8. The van der Waals surface area contributed by atoms with Crippen LogP contribution in [0, 0.1) is 0 Å². The third-order valence-electron chi connectivity index (χ3n) is 5.24. The first-order chi connectivity index (χ1) is 13.2. The lowest BCUT2D eigenvalue weighted by Crippen LogP contribution is -2.43. The molecule has 4 rings (SSSR count). The van der Waals surface area contributed by atoms with Crippen LogP contribution in [0.15, 0.2) is 48.5 Å². The molecule has 5 nitrogen and oxygen atoms in total. The Labute approximate surface area is 159 Å². The van der Waals surface area contributed by atoms with Gasteiger partial charge in [0.2, 0.25) is 11.8 Å². The molecule has 0 spiro atoms. The minimum atomic E-state index is -0.275. The van der Waals surface area contributed by atoms with Crippen molar-refractivity contribution in [1.29, 1.82) is 0 Å². The van der Waals surface area contributed by atoms with E-state index in [9.17, 15) is 9.59 Å². The van der Waals surface area contributed by atoms with Crippen molar-refractivity contribution in [1.82, 2.24) is 10.2 Å². The number of nitrogens with one attached hydrogen (secondary N) is 1. The van der Waals surface area contributed by atoms with Crippen LogP contribution in [0.3, 0.4) is 0 Å². The summed E-state index contributed by atoms with van der Waals surface area (Å²) in [6.07, 6.45) is 4.63. The Bertz CT molecular complexity index is 803. The maximum Gasteiger partial charge on any atom is 0.240 e. The average Bonchev–Trinajstić information content (AvgIpc) is 2.67. The summed E-state index contributed by atoms with van der Waals surface area (Å²) in [5, 5.41) is 3.12. The zero-order chi connectivity index (χ0) is 18.6. The van der Waals surface area contributed by atoms with Crippen LogP contribution < -0.4 is 10.1 Å². The van der Waals surface area contributed by atoms with E-state index in [1.54, 1.807) is 4.90 Å². The third kappa shape index (κ3) is 3.82. The first-order valence-corrected chi connectivity index (χ1v) is 9.65. The summed E-state index contributed by atoms with van der Waals surface area (Å²) in [6, 6.07) is 15.2. The molecule has 2 aromatic carbocycles. The molecule has 2 heterocycles. The molecular weight excluding hydrogens is 340 g/mol. The van der Waals surface area contributed by atoms with Crippen molar-refractivity contribution in [3.63, 3.8) is 0 Å². The summed E-state index contributed by atoms with van der Waals surface area (Å²) >= 11 is 0. The third-order valence-corrected chi connectivity index (χ3v) is 5.24. The summed E-state index contributed by atoms with van der Waals surface area (Å²) in [6.45, 7) is 0.772. The molecule has 0 bridgehead atoms. The van der Waals surface area contributed by atoms with E-state index < -0.39 is 0 Å². The number of ether oxygens (including phenoxy) is 1. The van der Waals surface area contributed by atoms with Gasteiger partial charge in [-0.15, -0.1) is 0 Å². The lowest BCUT2D eigenvalue weighted by molar-refractivity contribution is -0.136. The highest BCUT2D eigenvalue weighted by atomic mass is 16.5. The molecule has 5 heteroatoms. The van der Waals surface area contributed by atoms with E-state index in [0.717, 1.165) is 48.3 Å². The minimum absolute atomic E-state index is 0.0811. The van der Waals surface area contributed by atoms with Crippen molar-refractivity contribution in [2.75, 3.05) is 13.1 Å². The highest BCUT2D eigenvalue weighted by Gasteiger charge is 2.29. The van der Waals surface area contributed by atoms with Gasteiger partial charge in [-0.25, -0.2) is 0 Å². The molecule has 2 aliphatic heterocycles. The van der Waals surface area contributed by atoms with Crippen molar-refractivity contribution >= 4 is 11.8 Å². The summed E-state index contributed by atoms with van der Waals surface area (Å²) in [4.78, 5) is 26.8. The second-order valence-corrected chi connectivity index (χ2v) is 7.16. The van der Waals surface area contributed by atoms with Gasteiger partial charge in [0.05, 0.1) is 12.6 Å². The molecule has 2 aromatic rings. The van der Waals surface area contributed by atoms with Crippen LogP contribution in [0.2, 0.25) is 0 Å². The number of rotatable bonds is 3. The van der Waals surface area contributed by atoms with Crippen LogP contribution in [-0.2, 0) is 9.59 Å². The van der Waals surface area contributed by atoms with Crippen molar-refractivity contribution in [2.45, 2.75) is 38.1 Å². The second kappa shape index (κ2) is 7.82. The smallest absolute Gasteiger partial charge is 0.240 e. The van der Waals surface area contributed by atoms with Crippen molar-refractivity contribution in [2.24, 2.45) is 0 Å². The van der Waals surface area contributed by atoms with Crippen molar-refractivity contribution in [3.05, 3.63) is 59.7 Å². The molecule has 0 unspecified atom stereocenters. The fourth-order valence-electron chi connectivity index (χ4n) is 3.83. The Morgan fingerprint density at radius 2 is 1.59 bits per heavy atom. The first-order valence-electron chi connectivity index (χ1n) is 9.65. The number of hydrogen-bond acceptors (Lipinski definition) is 3. The summed E-state index contributed by atoms with van der Waals surface area (Å²) in [5.41, 5.74) is 1.87. The topological polar surface area (TPSA) is 58.6 Å². The number of hydrogen-bond donors (Lipinski definition) is 1. The molecular formula is C22H24N2O3. The molecule has 2 amide bonds. The Morgan fingerprint density at radius 1 is 0.963 bits per heavy atom. The van der Waals surface area contributed by atoms with Gasteiger partial charge in [0.25, 0.3) is 0 Å². The Kier molecular flexibility index (Phi) is 5.10. The largest absolute Gasteiger partial charge is 0.457 e. The molecule has 1 fully saturated rings. The van der Waals surface area contributed by atoms with Gasteiger partial charge in [-0.3, -0.25) is 9.59 Å². The van der Waals surface area contributed by atoms with Crippen LogP contribution in [0.1, 0.15) is 49.3 Å². The summed E-state index contributed by atoms with van der Waals surface area (Å²) in [5.74, 6) is 1.45. The number of likely N-dealkylation sites (tertiary alicyclic amines) is 1. The summed E-state index contributed by atoms with van der Waals surface area (Å²) < 4.78 is 5.97. The van der Waals surface area contributed by atoms with Gasteiger partial charge >= 0.3 is 0 Å². The van der Waals surface area contributed by atoms with Crippen LogP contribution >= 0.6 is 0 Å². The molecule has 2 aliphatic rings. The second-order valence-electron chi connectivity index (χ2n) is 7.16. The Morgan fingerprint density at radius 3 is 2.30 bits per heavy atom. The number of amides is 2. The normalized spacial score (nSPS) is 17.2. The summed E-state index contributed by atoms with van der Waals surface area (Å²) in [7, 11) is 0. The Hall–Kier alpha value is -2.82. The molecule has 1 N–H and O–H groups in total. The van der Waals surface area contributed by atoms with Gasteiger partial charge in [-0.1, -0.05) is 49.2 Å². The molecule has 1 saturated heterocycles. The predicted octanol–water partition coefficient (Wildman–Crippen LogP) is 3.79. The van der Waals surface area contributed by atoms with E-state index in [4.69, 9.17) is 4.74 Å². The van der Waals surface area contributed by atoms with Crippen LogP contribution in [0.25, 0.3) is 0 Å². The molecule has 27 heavy (non-hydrogen) atoms. The fourth-order valence-corrected chi connectivity index (χ4v) is 3.83. The number of benzene rings is 2. The van der Waals surface area contributed by atoms with Gasteiger partial charge in [-0.05, 0) is 25.0 Å². The lowest BCUT2D eigenvalue weighted by Gasteiger charge is -2.30. The van der Waals surface area contributed by atoms with Gasteiger partial charge in [0, 0.05) is 24.1 Å². The monoisotopic (exact) mass is 364 g/mol. The van der Waals surface area contributed by atoms with Gasteiger partial charge in [0.1, 0.15) is 11.5 Å². The fraction of sp³-hybridized carbons (Fsp3) is 0.364. The van der Waals surface area contributed by atoms with E-state index in [1.165, 1.54) is 0 Å². The zero-order valence-corrected chi connectivity index (χ0v) is 15.3. The highest BCUT2D eigenvalue weighted by Crippen LogP contribution is 2.42. The first kappa shape index (κ1) is 17.6. The number of fused-ring (bicyclic) bond motifs is 2. The quantitative estimate of drug-likeness (QED) is 0.901. The van der Waals surface area contributed by atoms with Crippen molar-refractivity contribution < 1.29 is 14.3 Å². The van der Waals surface area contributed by atoms with Gasteiger partial charge in [-0.2, -0.15) is 0 Å². The highest BCUT2D eigenvalue weighted by molar-refractivity contribution is 5.85. The van der Waals surface area contributed by atoms with Gasteiger partial charge in [0.15, 0.2) is 0 Å². The van der Waals surface area contributed by atoms with Crippen LogP contribution in [0.4, 0.5) is 0 Å². The van der Waals surface area contributed by atoms with E-state index in [2.05, 4.69) is 5.32 Å². The van der Waals surface area contributed by atoms with Gasteiger partial charge < -0.3 is 15.0 Å². The van der Waals surface area contributed by atoms with Crippen LogP contribution in [0.5, 0.6) is 11.5 Å².